The average molecular weight is 387 g/mol. The maximum absolute atomic E-state index is 12.3. The first kappa shape index (κ1) is 20.6. The second-order valence-electron chi connectivity index (χ2n) is 7.97. The van der Waals surface area contributed by atoms with Crippen molar-refractivity contribution in [1.29, 1.82) is 0 Å². The van der Waals surface area contributed by atoms with Crippen LogP contribution >= 0.6 is 0 Å². The van der Waals surface area contributed by atoms with Gasteiger partial charge in [0.25, 0.3) is 5.91 Å². The molecule has 0 unspecified atom stereocenters. The first-order valence-corrected chi connectivity index (χ1v) is 10.8. The van der Waals surface area contributed by atoms with E-state index in [2.05, 4.69) is 27.7 Å². The first-order chi connectivity index (χ1) is 13.7. The Bertz CT molecular complexity index is 632. The highest BCUT2D eigenvalue weighted by Crippen LogP contribution is 2.22. The molecule has 2 saturated heterocycles. The summed E-state index contributed by atoms with van der Waals surface area (Å²) in [6.45, 7) is 8.25. The summed E-state index contributed by atoms with van der Waals surface area (Å²) in [5, 5.41) is 5.90. The molecule has 0 atom stereocenters. The van der Waals surface area contributed by atoms with Crippen molar-refractivity contribution in [2.24, 2.45) is 5.92 Å². The van der Waals surface area contributed by atoms with Gasteiger partial charge in [0.05, 0.1) is 0 Å². The van der Waals surface area contributed by atoms with E-state index in [9.17, 15) is 9.59 Å². The maximum atomic E-state index is 12.3. The van der Waals surface area contributed by atoms with E-state index in [1.807, 2.05) is 24.0 Å². The minimum absolute atomic E-state index is 0.0148. The molecule has 0 spiro atoms. The van der Waals surface area contributed by atoms with Gasteiger partial charge in [-0.2, -0.15) is 0 Å². The smallest absolute Gasteiger partial charge is 0.317 e. The Labute approximate surface area is 168 Å². The van der Waals surface area contributed by atoms with Gasteiger partial charge in [0.1, 0.15) is 0 Å². The van der Waals surface area contributed by atoms with Gasteiger partial charge in [-0.05, 0) is 75.7 Å². The zero-order valence-corrected chi connectivity index (χ0v) is 17.1. The summed E-state index contributed by atoms with van der Waals surface area (Å²) in [7, 11) is 0. The monoisotopic (exact) mass is 386 g/mol. The minimum Gasteiger partial charge on any atom is -0.351 e. The molecule has 6 nitrogen and oxygen atoms in total. The predicted molar refractivity (Wildman–Crippen MR) is 112 cm³/mol. The highest BCUT2D eigenvalue weighted by molar-refractivity contribution is 5.94. The Morgan fingerprint density at radius 2 is 1.68 bits per heavy atom. The molecule has 0 saturated carbocycles. The minimum atomic E-state index is 0.0148. The van der Waals surface area contributed by atoms with Crippen LogP contribution in [0.15, 0.2) is 24.3 Å². The molecule has 2 fully saturated rings. The molecular weight excluding hydrogens is 352 g/mol. The van der Waals surface area contributed by atoms with Gasteiger partial charge in [-0.15, -0.1) is 0 Å². The Kier molecular flexibility index (Phi) is 7.71. The summed E-state index contributed by atoms with van der Waals surface area (Å²) >= 11 is 0. The third kappa shape index (κ3) is 5.96. The molecule has 28 heavy (non-hydrogen) atoms. The lowest BCUT2D eigenvalue weighted by Gasteiger charge is -2.32. The highest BCUT2D eigenvalue weighted by Gasteiger charge is 2.22. The molecule has 0 aliphatic carbocycles. The maximum Gasteiger partial charge on any atom is 0.317 e. The normalized spacial score (nSPS) is 18.2. The van der Waals surface area contributed by atoms with Crippen LogP contribution < -0.4 is 10.6 Å². The van der Waals surface area contributed by atoms with Crippen LogP contribution in [0.3, 0.4) is 0 Å². The lowest BCUT2D eigenvalue weighted by atomic mass is 9.90. The number of hydrogen-bond acceptors (Lipinski definition) is 3. The number of carbonyl (C=O) groups excluding carboxylic acids is 2. The van der Waals surface area contributed by atoms with Gasteiger partial charge in [-0.3, -0.25) is 4.79 Å². The van der Waals surface area contributed by atoms with Crippen molar-refractivity contribution in [3.05, 3.63) is 35.4 Å². The fraction of sp³-hybridized carbons (Fsp3) is 0.636. The van der Waals surface area contributed by atoms with Crippen molar-refractivity contribution in [3.8, 4) is 0 Å². The molecule has 0 aromatic heterocycles. The van der Waals surface area contributed by atoms with E-state index in [1.165, 1.54) is 18.4 Å². The zero-order chi connectivity index (χ0) is 19.8. The van der Waals surface area contributed by atoms with Crippen LogP contribution in [0, 0.1) is 5.92 Å². The molecule has 2 aliphatic heterocycles. The zero-order valence-electron chi connectivity index (χ0n) is 17.1. The number of nitrogens with zero attached hydrogens (tertiary/aromatic N) is 2. The SMILES string of the molecule is CCNC(=O)N1CCC(Cc2ccc(C(=O)NCCN3CCCC3)cc2)CC1. The Morgan fingerprint density at radius 1 is 1.00 bits per heavy atom. The summed E-state index contributed by atoms with van der Waals surface area (Å²) in [5.74, 6) is 0.617. The third-order valence-corrected chi connectivity index (χ3v) is 5.88. The van der Waals surface area contributed by atoms with E-state index in [-0.39, 0.29) is 11.9 Å². The van der Waals surface area contributed by atoms with Crippen LogP contribution in [0.4, 0.5) is 4.79 Å². The van der Waals surface area contributed by atoms with Crippen LogP contribution in [0.25, 0.3) is 0 Å². The first-order valence-electron chi connectivity index (χ1n) is 10.8. The van der Waals surface area contributed by atoms with Gasteiger partial charge in [0.2, 0.25) is 0 Å². The summed E-state index contributed by atoms with van der Waals surface area (Å²) in [4.78, 5) is 28.5. The van der Waals surface area contributed by atoms with Crippen LogP contribution in [-0.4, -0.2) is 67.6 Å². The molecule has 2 aliphatic rings. The van der Waals surface area contributed by atoms with E-state index < -0.39 is 0 Å². The van der Waals surface area contributed by atoms with E-state index >= 15 is 0 Å². The lowest BCUT2D eigenvalue weighted by Crippen LogP contribution is -2.44. The largest absolute Gasteiger partial charge is 0.351 e. The molecule has 154 valence electrons. The molecule has 3 amide bonds. The van der Waals surface area contributed by atoms with E-state index in [0.717, 1.165) is 57.5 Å². The summed E-state index contributed by atoms with van der Waals surface area (Å²) in [6, 6.07) is 8.08. The van der Waals surface area contributed by atoms with Gasteiger partial charge in [-0.25, -0.2) is 4.79 Å². The van der Waals surface area contributed by atoms with Gasteiger partial charge in [-0.1, -0.05) is 12.1 Å². The van der Waals surface area contributed by atoms with Gasteiger partial charge < -0.3 is 20.4 Å². The molecule has 6 heteroatoms. The van der Waals surface area contributed by atoms with Crippen LogP contribution in [0.2, 0.25) is 0 Å². The fourth-order valence-corrected chi connectivity index (χ4v) is 4.16. The standard InChI is InChI=1S/C22H34N4O2/c1-2-23-22(28)26-14-9-19(10-15-26)17-18-5-7-20(8-6-18)21(27)24-11-16-25-12-3-4-13-25/h5-8,19H,2-4,9-17H2,1H3,(H,23,28)(H,24,27). The van der Waals surface area contributed by atoms with Crippen LogP contribution in [0.1, 0.15) is 48.5 Å². The van der Waals surface area contributed by atoms with Gasteiger partial charge in [0, 0.05) is 38.3 Å². The van der Waals surface area contributed by atoms with E-state index in [1.54, 1.807) is 0 Å². The number of hydrogen-bond donors (Lipinski definition) is 2. The van der Waals surface area contributed by atoms with Gasteiger partial charge >= 0.3 is 6.03 Å². The topological polar surface area (TPSA) is 64.7 Å². The van der Waals surface area contributed by atoms with Crippen molar-refractivity contribution in [1.82, 2.24) is 20.4 Å². The summed E-state index contributed by atoms with van der Waals surface area (Å²) in [6.07, 6.45) is 5.65. The van der Waals surface area contributed by atoms with Crippen LogP contribution in [0.5, 0.6) is 0 Å². The molecular formula is C22H34N4O2. The summed E-state index contributed by atoms with van der Waals surface area (Å²) in [5.41, 5.74) is 2.00. The molecule has 3 rings (SSSR count). The predicted octanol–water partition coefficient (Wildman–Crippen LogP) is 2.50. The number of carbonyl (C=O) groups is 2. The number of amides is 3. The van der Waals surface area contributed by atoms with Crippen molar-refractivity contribution >= 4 is 11.9 Å². The average Bonchev–Trinajstić information content (AvgIpc) is 3.23. The quantitative estimate of drug-likeness (QED) is 0.757. The highest BCUT2D eigenvalue weighted by atomic mass is 16.2. The molecule has 0 radical (unpaired) electrons. The lowest BCUT2D eigenvalue weighted by molar-refractivity contribution is 0.0949. The number of urea groups is 1. The Morgan fingerprint density at radius 3 is 2.32 bits per heavy atom. The number of benzene rings is 1. The molecule has 1 aromatic carbocycles. The van der Waals surface area contributed by atoms with Gasteiger partial charge in [0.15, 0.2) is 0 Å². The van der Waals surface area contributed by atoms with E-state index in [4.69, 9.17) is 0 Å². The molecule has 1 aromatic rings. The molecule has 2 heterocycles. The second kappa shape index (κ2) is 10.5. The van der Waals surface area contributed by atoms with Crippen molar-refractivity contribution in [3.63, 3.8) is 0 Å². The number of piperidine rings is 1. The third-order valence-electron chi connectivity index (χ3n) is 5.88. The number of rotatable bonds is 7. The van der Waals surface area contributed by atoms with Crippen molar-refractivity contribution in [2.75, 3.05) is 45.8 Å². The number of likely N-dealkylation sites (tertiary alicyclic amines) is 2. The van der Waals surface area contributed by atoms with Crippen molar-refractivity contribution < 1.29 is 9.59 Å². The Balaban J connectivity index is 1.39. The molecule has 0 bridgehead atoms. The Hall–Kier alpha value is -2.08. The van der Waals surface area contributed by atoms with Crippen LogP contribution in [-0.2, 0) is 6.42 Å². The summed E-state index contributed by atoms with van der Waals surface area (Å²) < 4.78 is 0. The van der Waals surface area contributed by atoms with Crippen molar-refractivity contribution in [2.45, 2.75) is 39.0 Å². The number of nitrogens with one attached hydrogen (secondary N) is 2. The van der Waals surface area contributed by atoms with E-state index in [0.29, 0.717) is 19.0 Å². The molecule has 2 N–H and O–H groups in total. The second-order valence-corrected chi connectivity index (χ2v) is 7.97. The fourth-order valence-electron chi connectivity index (χ4n) is 4.16.